The standard InChI is InChI=1S/C13H25N3OS/c1-3-11-4-8-16(10-11)9-6-13(17)15(2)7-5-12(14)18/h11H,3-10H2,1-2H3,(H2,14,18). The molecule has 1 saturated heterocycles. The lowest BCUT2D eigenvalue weighted by Crippen LogP contribution is -2.33. The van der Waals surface area contributed by atoms with Gasteiger partial charge >= 0.3 is 0 Å². The Morgan fingerprint density at radius 2 is 2.22 bits per heavy atom. The molecule has 1 amide bonds. The molecule has 104 valence electrons. The van der Waals surface area contributed by atoms with Crippen LogP contribution in [0.2, 0.25) is 0 Å². The molecule has 4 nitrogen and oxygen atoms in total. The van der Waals surface area contributed by atoms with Gasteiger partial charge in [-0.05, 0) is 18.9 Å². The maximum Gasteiger partial charge on any atom is 0.223 e. The van der Waals surface area contributed by atoms with Gasteiger partial charge in [-0.2, -0.15) is 0 Å². The zero-order valence-electron chi connectivity index (χ0n) is 11.5. The summed E-state index contributed by atoms with van der Waals surface area (Å²) in [5.41, 5.74) is 5.43. The number of thiocarbonyl (C=S) groups is 1. The number of nitrogens with two attached hydrogens (primary N) is 1. The summed E-state index contributed by atoms with van der Waals surface area (Å²) in [5, 5.41) is 0. The third-order valence-electron chi connectivity index (χ3n) is 3.71. The van der Waals surface area contributed by atoms with Crippen LogP contribution in [0.25, 0.3) is 0 Å². The molecule has 0 spiro atoms. The largest absolute Gasteiger partial charge is 0.393 e. The highest BCUT2D eigenvalue weighted by Crippen LogP contribution is 2.18. The molecule has 0 aliphatic carbocycles. The second kappa shape index (κ2) is 7.69. The van der Waals surface area contributed by atoms with E-state index in [4.69, 9.17) is 18.0 Å². The summed E-state index contributed by atoms with van der Waals surface area (Å²) in [6.45, 7) is 6.05. The van der Waals surface area contributed by atoms with Gasteiger partial charge in [0.05, 0.1) is 4.99 Å². The third kappa shape index (κ3) is 5.31. The van der Waals surface area contributed by atoms with Gasteiger partial charge in [0.2, 0.25) is 5.91 Å². The quantitative estimate of drug-likeness (QED) is 0.708. The SMILES string of the molecule is CCC1CCN(CCC(=O)N(C)CCC(N)=S)C1. The molecule has 0 radical (unpaired) electrons. The summed E-state index contributed by atoms with van der Waals surface area (Å²) < 4.78 is 0. The van der Waals surface area contributed by atoms with Crippen molar-refractivity contribution in [2.24, 2.45) is 11.7 Å². The Morgan fingerprint density at radius 3 is 2.78 bits per heavy atom. The van der Waals surface area contributed by atoms with E-state index in [1.54, 1.807) is 4.90 Å². The molecule has 1 atom stereocenters. The summed E-state index contributed by atoms with van der Waals surface area (Å²) in [6.07, 6.45) is 3.74. The molecule has 0 bridgehead atoms. The van der Waals surface area contributed by atoms with Crippen LogP contribution in [0.15, 0.2) is 0 Å². The summed E-state index contributed by atoms with van der Waals surface area (Å²) in [5.74, 6) is 1.01. The van der Waals surface area contributed by atoms with Gasteiger partial charge in [-0.25, -0.2) is 0 Å². The third-order valence-corrected chi connectivity index (χ3v) is 3.91. The fraction of sp³-hybridized carbons (Fsp3) is 0.846. The Morgan fingerprint density at radius 1 is 1.50 bits per heavy atom. The average Bonchev–Trinajstić information content (AvgIpc) is 2.80. The Bertz CT molecular complexity index is 296. The van der Waals surface area contributed by atoms with Gasteiger partial charge in [-0.3, -0.25) is 4.79 Å². The smallest absolute Gasteiger partial charge is 0.223 e. The van der Waals surface area contributed by atoms with E-state index in [-0.39, 0.29) is 5.91 Å². The van der Waals surface area contributed by atoms with Crippen molar-refractivity contribution in [3.05, 3.63) is 0 Å². The summed E-state index contributed by atoms with van der Waals surface area (Å²) in [4.78, 5) is 16.5. The normalized spacial score (nSPS) is 20.0. The monoisotopic (exact) mass is 271 g/mol. The van der Waals surface area contributed by atoms with Gasteiger partial charge in [0.1, 0.15) is 0 Å². The minimum Gasteiger partial charge on any atom is -0.393 e. The predicted octanol–water partition coefficient (Wildman–Crippen LogP) is 1.24. The average molecular weight is 271 g/mol. The van der Waals surface area contributed by atoms with Crippen LogP contribution in [0.3, 0.4) is 0 Å². The van der Waals surface area contributed by atoms with E-state index in [2.05, 4.69) is 11.8 Å². The first-order chi connectivity index (χ1) is 8.52. The molecule has 0 aromatic heterocycles. The van der Waals surface area contributed by atoms with Crippen molar-refractivity contribution < 1.29 is 4.79 Å². The van der Waals surface area contributed by atoms with Crippen molar-refractivity contribution in [2.45, 2.75) is 32.6 Å². The van der Waals surface area contributed by atoms with Gasteiger partial charge in [0.25, 0.3) is 0 Å². The van der Waals surface area contributed by atoms with E-state index < -0.39 is 0 Å². The van der Waals surface area contributed by atoms with E-state index in [1.165, 1.54) is 12.8 Å². The Hall–Kier alpha value is -0.680. The lowest BCUT2D eigenvalue weighted by atomic mass is 10.1. The first-order valence-electron chi connectivity index (χ1n) is 6.77. The highest BCUT2D eigenvalue weighted by Gasteiger charge is 2.21. The first kappa shape index (κ1) is 15.4. The van der Waals surface area contributed by atoms with Crippen LogP contribution in [0, 0.1) is 5.92 Å². The number of likely N-dealkylation sites (tertiary alicyclic amines) is 1. The number of carbonyl (C=O) groups is 1. The lowest BCUT2D eigenvalue weighted by Gasteiger charge is -2.20. The maximum absolute atomic E-state index is 11.9. The van der Waals surface area contributed by atoms with Crippen molar-refractivity contribution in [1.82, 2.24) is 9.80 Å². The van der Waals surface area contributed by atoms with Crippen LogP contribution >= 0.6 is 12.2 Å². The lowest BCUT2D eigenvalue weighted by molar-refractivity contribution is -0.130. The topological polar surface area (TPSA) is 49.6 Å². The fourth-order valence-corrected chi connectivity index (χ4v) is 2.39. The Balaban J connectivity index is 2.18. The van der Waals surface area contributed by atoms with Crippen molar-refractivity contribution in [3.63, 3.8) is 0 Å². The molecule has 1 aliphatic rings. The molecule has 2 N–H and O–H groups in total. The van der Waals surface area contributed by atoms with Crippen LogP contribution in [0.4, 0.5) is 0 Å². The number of rotatable bonds is 7. The molecular weight excluding hydrogens is 246 g/mol. The fourth-order valence-electron chi connectivity index (χ4n) is 2.30. The van der Waals surface area contributed by atoms with Gasteiger partial charge in [-0.15, -0.1) is 0 Å². The highest BCUT2D eigenvalue weighted by molar-refractivity contribution is 7.80. The maximum atomic E-state index is 11.9. The number of hydrogen-bond donors (Lipinski definition) is 1. The summed E-state index contributed by atoms with van der Waals surface area (Å²) in [7, 11) is 1.82. The van der Waals surface area contributed by atoms with Gasteiger partial charge in [0, 0.05) is 39.5 Å². The second-order valence-electron chi connectivity index (χ2n) is 5.15. The van der Waals surface area contributed by atoms with Gasteiger partial charge < -0.3 is 15.5 Å². The van der Waals surface area contributed by atoms with Crippen molar-refractivity contribution >= 4 is 23.1 Å². The Labute approximate surface area is 115 Å². The van der Waals surface area contributed by atoms with E-state index in [0.717, 1.165) is 25.6 Å². The van der Waals surface area contributed by atoms with E-state index >= 15 is 0 Å². The molecule has 1 aliphatic heterocycles. The Kier molecular flexibility index (Phi) is 6.57. The zero-order valence-corrected chi connectivity index (χ0v) is 12.3. The molecule has 1 rings (SSSR count). The molecule has 0 aromatic rings. The zero-order chi connectivity index (χ0) is 13.5. The van der Waals surface area contributed by atoms with Crippen LogP contribution in [0.1, 0.15) is 32.6 Å². The van der Waals surface area contributed by atoms with Crippen LogP contribution in [-0.2, 0) is 4.79 Å². The number of amides is 1. The molecule has 5 heteroatoms. The molecule has 0 saturated carbocycles. The summed E-state index contributed by atoms with van der Waals surface area (Å²) in [6, 6.07) is 0. The van der Waals surface area contributed by atoms with Gasteiger partial charge in [0.15, 0.2) is 0 Å². The molecule has 1 unspecified atom stereocenters. The van der Waals surface area contributed by atoms with Crippen LogP contribution < -0.4 is 5.73 Å². The molecular formula is C13H25N3OS. The number of hydrogen-bond acceptors (Lipinski definition) is 3. The van der Waals surface area contributed by atoms with Crippen molar-refractivity contribution in [2.75, 3.05) is 33.2 Å². The molecule has 1 fully saturated rings. The molecule has 0 aromatic carbocycles. The van der Waals surface area contributed by atoms with Crippen LogP contribution in [-0.4, -0.2) is 53.9 Å². The van der Waals surface area contributed by atoms with E-state index in [1.807, 2.05) is 7.05 Å². The van der Waals surface area contributed by atoms with E-state index in [0.29, 0.717) is 24.4 Å². The van der Waals surface area contributed by atoms with Gasteiger partial charge in [-0.1, -0.05) is 25.6 Å². The van der Waals surface area contributed by atoms with Crippen molar-refractivity contribution in [3.8, 4) is 0 Å². The summed E-state index contributed by atoms with van der Waals surface area (Å²) >= 11 is 4.81. The second-order valence-corrected chi connectivity index (χ2v) is 5.67. The predicted molar refractivity (Wildman–Crippen MR) is 78.5 cm³/mol. The molecule has 1 heterocycles. The minimum absolute atomic E-state index is 0.186. The number of carbonyl (C=O) groups excluding carboxylic acids is 1. The van der Waals surface area contributed by atoms with Crippen molar-refractivity contribution in [1.29, 1.82) is 0 Å². The first-order valence-corrected chi connectivity index (χ1v) is 7.18. The highest BCUT2D eigenvalue weighted by atomic mass is 32.1. The minimum atomic E-state index is 0.186. The molecule has 18 heavy (non-hydrogen) atoms. The number of nitrogens with zero attached hydrogens (tertiary/aromatic N) is 2. The van der Waals surface area contributed by atoms with E-state index in [9.17, 15) is 4.79 Å². The van der Waals surface area contributed by atoms with Crippen LogP contribution in [0.5, 0.6) is 0 Å².